The summed E-state index contributed by atoms with van der Waals surface area (Å²) in [5, 5.41) is 3.31. The van der Waals surface area contributed by atoms with Crippen LogP contribution >= 0.6 is 0 Å². The molecule has 0 amide bonds. The molecule has 170 valence electrons. The average molecular weight is 445 g/mol. The highest BCUT2D eigenvalue weighted by molar-refractivity contribution is 5.84. The van der Waals surface area contributed by atoms with Gasteiger partial charge in [-0.25, -0.2) is 15.0 Å². The van der Waals surface area contributed by atoms with Crippen LogP contribution in [0.5, 0.6) is 0 Å². The van der Waals surface area contributed by atoms with Crippen LogP contribution in [0.2, 0.25) is 0 Å². The first-order valence-electron chi connectivity index (χ1n) is 11.2. The Labute approximate surface area is 191 Å². The molecular formula is C24H28N8O. The molecular weight excluding hydrogens is 416 g/mol. The molecule has 4 aromatic rings. The Balaban J connectivity index is 1.42. The van der Waals surface area contributed by atoms with Gasteiger partial charge in [0.25, 0.3) is 5.56 Å². The number of aromatic amines is 2. The largest absolute Gasteiger partial charge is 0.369 e. The first kappa shape index (κ1) is 21.1. The molecule has 9 heteroatoms. The molecule has 1 saturated heterocycles. The number of anilines is 2. The van der Waals surface area contributed by atoms with E-state index >= 15 is 0 Å². The van der Waals surface area contributed by atoms with E-state index in [-0.39, 0.29) is 5.56 Å². The lowest BCUT2D eigenvalue weighted by Gasteiger charge is -2.34. The average Bonchev–Trinajstić information content (AvgIpc) is 3.28. The Hall–Kier alpha value is -3.72. The Bertz CT molecular complexity index is 1330. The topological polar surface area (TPSA) is 106 Å². The predicted octanol–water partition coefficient (Wildman–Crippen LogP) is 2.69. The van der Waals surface area contributed by atoms with E-state index in [0.717, 1.165) is 43.0 Å². The minimum atomic E-state index is -0.0883. The van der Waals surface area contributed by atoms with Crippen molar-refractivity contribution in [2.24, 2.45) is 0 Å². The zero-order valence-corrected chi connectivity index (χ0v) is 19.1. The van der Waals surface area contributed by atoms with Gasteiger partial charge in [0.1, 0.15) is 5.52 Å². The maximum Gasteiger partial charge on any atom is 0.253 e. The van der Waals surface area contributed by atoms with Crippen LogP contribution in [0.25, 0.3) is 22.6 Å². The summed E-state index contributed by atoms with van der Waals surface area (Å²) < 4.78 is 0. The van der Waals surface area contributed by atoms with E-state index in [1.54, 1.807) is 6.33 Å². The lowest BCUT2D eigenvalue weighted by molar-refractivity contribution is 0.313. The van der Waals surface area contributed by atoms with Gasteiger partial charge in [-0.05, 0) is 56.8 Å². The van der Waals surface area contributed by atoms with Crippen molar-refractivity contribution in [1.82, 2.24) is 29.8 Å². The second-order valence-corrected chi connectivity index (χ2v) is 8.63. The predicted molar refractivity (Wildman–Crippen MR) is 131 cm³/mol. The fourth-order valence-electron chi connectivity index (χ4n) is 4.25. The maximum atomic E-state index is 12.4. The monoisotopic (exact) mass is 444 g/mol. The van der Waals surface area contributed by atoms with Crippen molar-refractivity contribution in [3.63, 3.8) is 0 Å². The number of piperazine rings is 1. The fourth-order valence-corrected chi connectivity index (χ4v) is 4.25. The molecule has 3 N–H and O–H groups in total. The highest BCUT2D eigenvalue weighted by atomic mass is 16.1. The molecule has 9 nitrogen and oxygen atoms in total. The number of H-pyrrole nitrogens is 2. The van der Waals surface area contributed by atoms with E-state index in [9.17, 15) is 4.79 Å². The molecule has 0 radical (unpaired) electrons. The standard InChI is InChI=1S/C24H28N8O/c1-15-12-16(2)28-24(33)19(15)13-25-22-20-23(27-14-26-20)30-21(29-22)17-4-6-18(7-5-17)32-10-8-31(3)9-11-32/h4-7,12,14H,8-11,13H2,1-3H3,(H,28,33)(H2,25,26,27,29,30). The van der Waals surface area contributed by atoms with Crippen LogP contribution in [0.15, 0.2) is 41.5 Å². The third kappa shape index (κ3) is 4.31. The van der Waals surface area contributed by atoms with Crippen molar-refractivity contribution in [3.05, 3.63) is 63.8 Å². The quantitative estimate of drug-likeness (QED) is 0.435. The number of nitrogens with zero attached hydrogens (tertiary/aromatic N) is 5. The Kier molecular flexibility index (Phi) is 5.55. The van der Waals surface area contributed by atoms with Crippen molar-refractivity contribution < 1.29 is 0 Å². The van der Waals surface area contributed by atoms with E-state index in [1.807, 2.05) is 19.9 Å². The molecule has 1 aromatic carbocycles. The van der Waals surface area contributed by atoms with Gasteiger partial charge in [-0.15, -0.1) is 0 Å². The summed E-state index contributed by atoms with van der Waals surface area (Å²) in [5.41, 5.74) is 5.82. The molecule has 0 atom stereocenters. The highest BCUT2D eigenvalue weighted by Crippen LogP contribution is 2.25. The molecule has 1 aliphatic rings. The first-order chi connectivity index (χ1) is 16.0. The molecule has 0 unspecified atom stereocenters. The molecule has 0 bridgehead atoms. The molecule has 33 heavy (non-hydrogen) atoms. The number of pyridine rings is 1. The van der Waals surface area contributed by atoms with E-state index in [0.29, 0.717) is 34.9 Å². The normalized spacial score (nSPS) is 14.7. The Morgan fingerprint density at radius 1 is 1.06 bits per heavy atom. The van der Waals surface area contributed by atoms with Crippen molar-refractivity contribution in [2.45, 2.75) is 20.4 Å². The zero-order valence-electron chi connectivity index (χ0n) is 19.1. The van der Waals surface area contributed by atoms with Crippen LogP contribution < -0.4 is 15.8 Å². The van der Waals surface area contributed by atoms with Crippen molar-refractivity contribution >= 4 is 22.7 Å². The number of hydrogen-bond donors (Lipinski definition) is 3. The summed E-state index contributed by atoms with van der Waals surface area (Å²) >= 11 is 0. The number of hydrogen-bond acceptors (Lipinski definition) is 7. The Morgan fingerprint density at radius 3 is 2.55 bits per heavy atom. The highest BCUT2D eigenvalue weighted by Gasteiger charge is 2.16. The minimum absolute atomic E-state index is 0.0883. The molecule has 0 spiro atoms. The van der Waals surface area contributed by atoms with Gasteiger partial charge in [-0.2, -0.15) is 0 Å². The summed E-state index contributed by atoms with van der Waals surface area (Å²) in [6.07, 6.45) is 1.61. The van der Waals surface area contributed by atoms with Crippen molar-refractivity contribution in [1.29, 1.82) is 0 Å². The molecule has 1 aliphatic heterocycles. The van der Waals surface area contributed by atoms with E-state index in [4.69, 9.17) is 4.98 Å². The first-order valence-corrected chi connectivity index (χ1v) is 11.2. The van der Waals surface area contributed by atoms with Crippen LogP contribution in [0.3, 0.4) is 0 Å². The van der Waals surface area contributed by atoms with Gasteiger partial charge < -0.3 is 25.1 Å². The number of nitrogens with one attached hydrogen (secondary N) is 3. The number of likely N-dealkylation sites (N-methyl/N-ethyl adjacent to an activating group) is 1. The number of aromatic nitrogens is 5. The summed E-state index contributed by atoms with van der Waals surface area (Å²) in [6, 6.07) is 10.3. The molecule has 1 fully saturated rings. The van der Waals surface area contributed by atoms with Gasteiger partial charge in [-0.1, -0.05) is 0 Å². The minimum Gasteiger partial charge on any atom is -0.369 e. The van der Waals surface area contributed by atoms with Gasteiger partial charge in [0, 0.05) is 55.2 Å². The molecule has 5 rings (SSSR count). The van der Waals surface area contributed by atoms with E-state index < -0.39 is 0 Å². The molecule has 0 aliphatic carbocycles. The van der Waals surface area contributed by atoms with E-state index in [1.165, 1.54) is 5.69 Å². The third-order valence-corrected chi connectivity index (χ3v) is 6.21. The lowest BCUT2D eigenvalue weighted by atomic mass is 10.1. The molecule has 4 heterocycles. The number of fused-ring (bicyclic) bond motifs is 1. The summed E-state index contributed by atoms with van der Waals surface area (Å²) in [7, 11) is 2.16. The van der Waals surface area contributed by atoms with Crippen LogP contribution in [-0.2, 0) is 6.54 Å². The maximum absolute atomic E-state index is 12.4. The summed E-state index contributed by atoms with van der Waals surface area (Å²) in [5.74, 6) is 1.21. The summed E-state index contributed by atoms with van der Waals surface area (Å²) in [6.45, 7) is 8.37. The number of benzene rings is 1. The van der Waals surface area contributed by atoms with Crippen LogP contribution in [-0.4, -0.2) is 63.0 Å². The fraction of sp³-hybridized carbons (Fsp3) is 0.333. The number of aryl methyl sites for hydroxylation is 2. The van der Waals surface area contributed by atoms with Crippen LogP contribution in [0, 0.1) is 13.8 Å². The second-order valence-electron chi connectivity index (χ2n) is 8.63. The Morgan fingerprint density at radius 2 is 1.82 bits per heavy atom. The van der Waals surface area contributed by atoms with Crippen LogP contribution in [0.4, 0.5) is 11.5 Å². The van der Waals surface area contributed by atoms with Gasteiger partial charge in [-0.3, -0.25) is 4.79 Å². The van der Waals surface area contributed by atoms with Gasteiger partial charge in [0.2, 0.25) is 0 Å². The third-order valence-electron chi connectivity index (χ3n) is 6.21. The SMILES string of the molecule is Cc1cc(C)c(CNc2nc(-c3ccc(N4CCN(C)CC4)cc3)nc3nc[nH]c23)c(=O)[nH]1. The second kappa shape index (κ2) is 8.67. The van der Waals surface area contributed by atoms with Crippen LogP contribution in [0.1, 0.15) is 16.8 Å². The molecule has 3 aromatic heterocycles. The zero-order chi connectivity index (χ0) is 22.9. The van der Waals surface area contributed by atoms with Gasteiger partial charge in [0.05, 0.1) is 6.33 Å². The number of imidazole rings is 1. The van der Waals surface area contributed by atoms with Crippen molar-refractivity contribution in [2.75, 3.05) is 43.4 Å². The summed E-state index contributed by atoms with van der Waals surface area (Å²) in [4.78, 5) is 36.9. The van der Waals surface area contributed by atoms with E-state index in [2.05, 4.69) is 66.4 Å². The number of rotatable bonds is 5. The van der Waals surface area contributed by atoms with Gasteiger partial charge >= 0.3 is 0 Å². The lowest BCUT2D eigenvalue weighted by Crippen LogP contribution is -2.44. The van der Waals surface area contributed by atoms with Gasteiger partial charge in [0.15, 0.2) is 17.3 Å². The van der Waals surface area contributed by atoms with Crippen molar-refractivity contribution in [3.8, 4) is 11.4 Å². The molecule has 0 saturated carbocycles. The smallest absolute Gasteiger partial charge is 0.253 e.